The maximum absolute atomic E-state index is 2.45. The van der Waals surface area contributed by atoms with Crippen molar-refractivity contribution >= 4 is 57.0 Å². The minimum Gasteiger partial charge on any atom is -0.310 e. The molecule has 0 amide bonds. The van der Waals surface area contributed by atoms with Gasteiger partial charge in [-0.05, 0) is 134 Å². The fourth-order valence-electron chi connectivity index (χ4n) is 10.4. The first-order valence-electron chi connectivity index (χ1n) is 22.2. The lowest BCUT2D eigenvalue weighted by molar-refractivity contribution is 0.660. The lowest BCUT2D eigenvalue weighted by Gasteiger charge is -2.30. The molecule has 0 fully saturated rings. The number of benzene rings is 9. The molecule has 2 nitrogen and oxygen atoms in total. The molecule has 304 valence electrons. The Morgan fingerprint density at radius 2 is 0.778 bits per heavy atom. The molecule has 2 heteroatoms. The third kappa shape index (κ3) is 6.40. The SMILES string of the molecule is Cc1ccccc1N(c1ccc2c(c1)C(C)(C)c1cc(C=Cc3ccc4c(c3)C(C)(C)c3cc(N(c5ccccc5)c5ccccc5)ccc3-4)ccc1-2)c1cccc2ccccc12. The Kier molecular flexibility index (Phi) is 9.10. The summed E-state index contributed by atoms with van der Waals surface area (Å²) >= 11 is 0. The average molecular weight is 811 g/mol. The molecule has 2 aliphatic carbocycles. The molecule has 0 aliphatic heterocycles. The topological polar surface area (TPSA) is 6.48 Å². The van der Waals surface area contributed by atoms with Gasteiger partial charge in [-0.2, -0.15) is 0 Å². The van der Waals surface area contributed by atoms with Gasteiger partial charge in [0.1, 0.15) is 0 Å². The van der Waals surface area contributed by atoms with Crippen molar-refractivity contribution in [1.82, 2.24) is 0 Å². The van der Waals surface area contributed by atoms with Crippen LogP contribution in [0.2, 0.25) is 0 Å². The molecule has 0 unspecified atom stereocenters. The quantitative estimate of drug-likeness (QED) is 0.141. The van der Waals surface area contributed by atoms with Crippen LogP contribution in [0.5, 0.6) is 0 Å². The van der Waals surface area contributed by atoms with E-state index in [1.165, 1.54) is 94.7 Å². The molecule has 0 aromatic heterocycles. The molecule has 9 aromatic rings. The van der Waals surface area contributed by atoms with Gasteiger partial charge in [-0.1, -0.05) is 179 Å². The highest BCUT2D eigenvalue weighted by molar-refractivity contribution is 6.00. The highest BCUT2D eigenvalue weighted by atomic mass is 15.1. The van der Waals surface area contributed by atoms with Gasteiger partial charge in [0, 0.05) is 44.7 Å². The first-order valence-corrected chi connectivity index (χ1v) is 22.2. The number of hydrogen-bond donors (Lipinski definition) is 0. The second-order valence-corrected chi connectivity index (χ2v) is 18.3. The van der Waals surface area contributed by atoms with Gasteiger partial charge in [0.15, 0.2) is 0 Å². The van der Waals surface area contributed by atoms with Crippen LogP contribution in [0.15, 0.2) is 200 Å². The van der Waals surface area contributed by atoms with E-state index in [9.17, 15) is 0 Å². The van der Waals surface area contributed by atoms with Crippen molar-refractivity contribution in [3.63, 3.8) is 0 Å². The summed E-state index contributed by atoms with van der Waals surface area (Å²) in [5, 5.41) is 2.47. The molecular weight excluding hydrogens is 761 g/mol. The van der Waals surface area contributed by atoms with E-state index in [4.69, 9.17) is 0 Å². The predicted molar refractivity (Wildman–Crippen MR) is 269 cm³/mol. The van der Waals surface area contributed by atoms with Crippen LogP contribution in [0.4, 0.5) is 34.1 Å². The standard InChI is InChI=1S/C61H50N2/c1-41-17-12-15-25-58(41)63(59-26-16-19-44-18-13-14-24-49(44)59)48-32-36-53-51-34-30-43(38-55(51)61(4,5)57(53)40-48)28-27-42-29-33-50-52-35-31-47(39-56(52)60(2,3)54(50)37-42)62(45-20-8-6-9-21-45)46-22-10-7-11-23-46/h6-40H,1-5H3. The average Bonchev–Trinajstić information content (AvgIpc) is 3.68. The normalized spacial score (nSPS) is 14.0. The Hall–Kier alpha value is -7.42. The number of aryl methyl sites for hydroxylation is 1. The summed E-state index contributed by atoms with van der Waals surface area (Å²) < 4.78 is 0. The number of hydrogen-bond acceptors (Lipinski definition) is 2. The van der Waals surface area contributed by atoms with Gasteiger partial charge < -0.3 is 9.80 Å². The zero-order valence-electron chi connectivity index (χ0n) is 36.6. The maximum atomic E-state index is 2.45. The van der Waals surface area contributed by atoms with Crippen molar-refractivity contribution in [1.29, 1.82) is 0 Å². The van der Waals surface area contributed by atoms with Crippen molar-refractivity contribution in [2.45, 2.75) is 45.4 Å². The molecule has 0 spiro atoms. The molecule has 11 rings (SSSR count). The minimum absolute atomic E-state index is 0.159. The number of rotatable bonds is 8. The fraction of sp³-hybridized carbons (Fsp3) is 0.115. The number of anilines is 6. The largest absolute Gasteiger partial charge is 0.310 e. The Morgan fingerprint density at radius 1 is 0.349 bits per heavy atom. The molecule has 63 heavy (non-hydrogen) atoms. The van der Waals surface area contributed by atoms with Crippen LogP contribution in [0.25, 0.3) is 45.2 Å². The molecule has 0 atom stereocenters. The van der Waals surface area contributed by atoms with Crippen LogP contribution < -0.4 is 9.80 Å². The number of fused-ring (bicyclic) bond motifs is 7. The van der Waals surface area contributed by atoms with Crippen LogP contribution in [-0.2, 0) is 10.8 Å². The van der Waals surface area contributed by atoms with Gasteiger partial charge >= 0.3 is 0 Å². The molecule has 0 radical (unpaired) electrons. The third-order valence-corrected chi connectivity index (χ3v) is 13.7. The summed E-state index contributed by atoms with van der Waals surface area (Å²) in [4.78, 5) is 4.81. The monoisotopic (exact) mass is 810 g/mol. The molecule has 9 aromatic carbocycles. The summed E-state index contributed by atoms with van der Waals surface area (Å²) in [5.74, 6) is 0. The highest BCUT2D eigenvalue weighted by Crippen LogP contribution is 2.53. The van der Waals surface area contributed by atoms with E-state index in [1.807, 2.05) is 0 Å². The van der Waals surface area contributed by atoms with Crippen LogP contribution in [0.1, 0.15) is 66.6 Å². The predicted octanol–water partition coefficient (Wildman–Crippen LogP) is 16.9. The Labute approximate surface area is 372 Å². The van der Waals surface area contributed by atoms with Crippen molar-refractivity contribution in [2.75, 3.05) is 9.80 Å². The lowest BCUT2D eigenvalue weighted by Crippen LogP contribution is -2.17. The van der Waals surface area contributed by atoms with Crippen molar-refractivity contribution in [3.8, 4) is 22.3 Å². The van der Waals surface area contributed by atoms with E-state index < -0.39 is 0 Å². The number of nitrogens with zero attached hydrogens (tertiary/aromatic N) is 2. The molecule has 0 N–H and O–H groups in total. The number of para-hydroxylation sites is 3. The smallest absolute Gasteiger partial charge is 0.0540 e. The minimum atomic E-state index is -0.181. The first kappa shape index (κ1) is 38.5. The second kappa shape index (κ2) is 14.9. The van der Waals surface area contributed by atoms with Crippen molar-refractivity contribution in [2.24, 2.45) is 0 Å². The van der Waals surface area contributed by atoms with E-state index in [0.717, 1.165) is 11.4 Å². The zero-order chi connectivity index (χ0) is 42.9. The summed E-state index contributed by atoms with van der Waals surface area (Å²) in [6, 6.07) is 73.5. The molecule has 0 heterocycles. The van der Waals surface area contributed by atoms with Crippen molar-refractivity contribution < 1.29 is 0 Å². The first-order chi connectivity index (χ1) is 30.7. The summed E-state index contributed by atoms with van der Waals surface area (Å²) in [6.45, 7) is 11.7. The zero-order valence-corrected chi connectivity index (χ0v) is 36.6. The Morgan fingerprint density at radius 3 is 1.33 bits per heavy atom. The van der Waals surface area contributed by atoms with Crippen LogP contribution >= 0.6 is 0 Å². The Balaban J connectivity index is 0.902. The summed E-state index contributed by atoms with van der Waals surface area (Å²) in [6.07, 6.45) is 4.58. The fourth-order valence-corrected chi connectivity index (χ4v) is 10.4. The third-order valence-electron chi connectivity index (χ3n) is 13.7. The van der Waals surface area contributed by atoms with Gasteiger partial charge in [0.2, 0.25) is 0 Å². The van der Waals surface area contributed by atoms with Crippen LogP contribution in [-0.4, -0.2) is 0 Å². The molecule has 2 aliphatic rings. The molecule has 0 bridgehead atoms. The van der Waals surface area contributed by atoms with Crippen molar-refractivity contribution in [3.05, 3.63) is 239 Å². The Bertz CT molecular complexity index is 3200. The van der Waals surface area contributed by atoms with Gasteiger partial charge in [0.05, 0.1) is 5.69 Å². The summed E-state index contributed by atoms with van der Waals surface area (Å²) in [5.41, 5.74) is 21.0. The molecule has 0 saturated heterocycles. The van der Waals surface area contributed by atoms with Crippen LogP contribution in [0.3, 0.4) is 0 Å². The molecular formula is C61H50N2. The van der Waals surface area contributed by atoms with E-state index in [-0.39, 0.29) is 10.8 Å². The lowest BCUT2D eigenvalue weighted by atomic mass is 9.81. The summed E-state index contributed by atoms with van der Waals surface area (Å²) in [7, 11) is 0. The van der Waals surface area contributed by atoms with E-state index in [0.29, 0.717) is 0 Å². The van der Waals surface area contributed by atoms with Gasteiger partial charge in [-0.15, -0.1) is 0 Å². The van der Waals surface area contributed by atoms with Crippen LogP contribution in [0, 0.1) is 6.92 Å². The van der Waals surface area contributed by atoms with E-state index in [1.54, 1.807) is 0 Å². The molecule has 0 saturated carbocycles. The van der Waals surface area contributed by atoms with Gasteiger partial charge in [-0.3, -0.25) is 0 Å². The van der Waals surface area contributed by atoms with Gasteiger partial charge in [0.25, 0.3) is 0 Å². The van der Waals surface area contributed by atoms with Gasteiger partial charge in [-0.25, -0.2) is 0 Å². The van der Waals surface area contributed by atoms with E-state index in [2.05, 4.69) is 257 Å². The second-order valence-electron chi connectivity index (χ2n) is 18.3. The highest BCUT2D eigenvalue weighted by Gasteiger charge is 2.38. The maximum Gasteiger partial charge on any atom is 0.0540 e. The van der Waals surface area contributed by atoms with E-state index >= 15 is 0 Å².